The van der Waals surface area contributed by atoms with Crippen LogP contribution in [0, 0.1) is 13.8 Å². The van der Waals surface area contributed by atoms with Crippen molar-refractivity contribution < 1.29 is 4.42 Å². The summed E-state index contributed by atoms with van der Waals surface area (Å²) in [5.74, 6) is 2.21. The molecule has 24 heavy (non-hydrogen) atoms. The number of benzene rings is 2. The van der Waals surface area contributed by atoms with Gasteiger partial charge in [-0.25, -0.2) is 14.6 Å². The maximum atomic E-state index is 5.66. The fraction of sp³-hybridized carbons (Fsp3) is 0.211. The molecule has 4 rings (SSSR count). The first kappa shape index (κ1) is 14.6. The molecule has 4 aromatic rings. The quantitative estimate of drug-likeness (QED) is 0.566. The van der Waals surface area contributed by atoms with Gasteiger partial charge < -0.3 is 4.42 Å². The molecule has 0 radical (unpaired) electrons. The average Bonchev–Trinajstić information content (AvgIpc) is 3.15. The summed E-state index contributed by atoms with van der Waals surface area (Å²) in [5, 5.41) is 4.61. The average molecular weight is 318 g/mol. The van der Waals surface area contributed by atoms with Crippen molar-refractivity contribution in [1.29, 1.82) is 0 Å². The number of aromatic nitrogens is 4. The SMILES string of the molecule is CCc1ccccc1-n1nc(C)nc1-c1ccc2nc(C)oc2c1. The van der Waals surface area contributed by atoms with E-state index in [0.29, 0.717) is 5.89 Å². The van der Waals surface area contributed by atoms with Gasteiger partial charge in [-0.2, -0.15) is 5.10 Å². The van der Waals surface area contributed by atoms with Crippen molar-refractivity contribution in [3.8, 4) is 17.1 Å². The molecule has 0 aliphatic carbocycles. The van der Waals surface area contributed by atoms with E-state index in [9.17, 15) is 0 Å². The van der Waals surface area contributed by atoms with Crippen LogP contribution in [-0.2, 0) is 6.42 Å². The summed E-state index contributed by atoms with van der Waals surface area (Å²) in [4.78, 5) is 8.99. The molecule has 0 fully saturated rings. The molecule has 0 saturated heterocycles. The highest BCUT2D eigenvalue weighted by molar-refractivity contribution is 5.79. The first-order chi connectivity index (χ1) is 11.7. The highest BCUT2D eigenvalue weighted by Crippen LogP contribution is 2.27. The van der Waals surface area contributed by atoms with E-state index in [0.717, 1.165) is 40.4 Å². The number of aryl methyl sites for hydroxylation is 3. The lowest BCUT2D eigenvalue weighted by Gasteiger charge is -2.10. The zero-order valence-electron chi connectivity index (χ0n) is 13.9. The lowest BCUT2D eigenvalue weighted by molar-refractivity contribution is 0.561. The monoisotopic (exact) mass is 318 g/mol. The summed E-state index contributed by atoms with van der Waals surface area (Å²) in [6, 6.07) is 14.2. The van der Waals surface area contributed by atoms with Crippen LogP contribution in [0.5, 0.6) is 0 Å². The molecule has 0 spiro atoms. The number of hydrogen-bond donors (Lipinski definition) is 0. The smallest absolute Gasteiger partial charge is 0.192 e. The van der Waals surface area contributed by atoms with Gasteiger partial charge in [0.05, 0.1) is 5.69 Å². The van der Waals surface area contributed by atoms with Crippen LogP contribution in [0.1, 0.15) is 24.2 Å². The molecule has 0 N–H and O–H groups in total. The second kappa shape index (κ2) is 5.60. The summed E-state index contributed by atoms with van der Waals surface area (Å²) in [5.41, 5.74) is 4.88. The van der Waals surface area contributed by atoms with E-state index in [-0.39, 0.29) is 0 Å². The van der Waals surface area contributed by atoms with E-state index in [1.54, 1.807) is 0 Å². The van der Waals surface area contributed by atoms with Crippen molar-refractivity contribution in [3.05, 3.63) is 59.7 Å². The Balaban J connectivity index is 1.92. The Hall–Kier alpha value is -2.95. The van der Waals surface area contributed by atoms with E-state index in [4.69, 9.17) is 4.42 Å². The van der Waals surface area contributed by atoms with Gasteiger partial charge in [-0.1, -0.05) is 25.1 Å². The first-order valence-corrected chi connectivity index (χ1v) is 8.05. The zero-order valence-corrected chi connectivity index (χ0v) is 13.9. The van der Waals surface area contributed by atoms with Gasteiger partial charge in [0.1, 0.15) is 11.3 Å². The van der Waals surface area contributed by atoms with Crippen LogP contribution in [0.4, 0.5) is 0 Å². The van der Waals surface area contributed by atoms with Crippen LogP contribution in [0.3, 0.4) is 0 Å². The summed E-state index contributed by atoms with van der Waals surface area (Å²) in [7, 11) is 0. The lowest BCUT2D eigenvalue weighted by Crippen LogP contribution is -2.03. The third-order valence-electron chi connectivity index (χ3n) is 4.07. The van der Waals surface area contributed by atoms with Gasteiger partial charge in [0.2, 0.25) is 0 Å². The Morgan fingerprint density at radius 2 is 1.88 bits per heavy atom. The molecule has 0 bridgehead atoms. The highest BCUT2D eigenvalue weighted by Gasteiger charge is 2.15. The van der Waals surface area contributed by atoms with Crippen LogP contribution >= 0.6 is 0 Å². The Morgan fingerprint density at radius 3 is 2.71 bits per heavy atom. The van der Waals surface area contributed by atoms with E-state index in [2.05, 4.69) is 40.2 Å². The fourth-order valence-corrected chi connectivity index (χ4v) is 2.97. The third-order valence-corrected chi connectivity index (χ3v) is 4.07. The van der Waals surface area contributed by atoms with Crippen molar-refractivity contribution in [3.63, 3.8) is 0 Å². The Kier molecular flexibility index (Phi) is 3.41. The summed E-state index contributed by atoms with van der Waals surface area (Å²) in [6.45, 7) is 5.90. The van der Waals surface area contributed by atoms with Gasteiger partial charge >= 0.3 is 0 Å². The van der Waals surface area contributed by atoms with Gasteiger partial charge in [0.15, 0.2) is 17.3 Å². The molecule has 0 saturated carbocycles. The number of para-hydroxylation sites is 1. The molecule has 0 unspecified atom stereocenters. The number of oxazole rings is 1. The molecule has 5 nitrogen and oxygen atoms in total. The summed E-state index contributed by atoms with van der Waals surface area (Å²) in [6.07, 6.45) is 0.939. The van der Waals surface area contributed by atoms with Gasteiger partial charge in [0.25, 0.3) is 0 Å². The topological polar surface area (TPSA) is 56.7 Å². The molecular weight excluding hydrogens is 300 g/mol. The standard InChI is InChI=1S/C19H18N4O/c1-4-14-7-5-6-8-17(14)23-19(20-12(2)22-23)15-9-10-16-18(11-15)24-13(3)21-16/h5-11H,4H2,1-3H3. The number of fused-ring (bicyclic) bond motifs is 1. The lowest BCUT2D eigenvalue weighted by atomic mass is 10.1. The predicted octanol–water partition coefficient (Wildman–Crippen LogP) is 4.25. The van der Waals surface area contributed by atoms with Gasteiger partial charge in [-0.3, -0.25) is 0 Å². The fourth-order valence-electron chi connectivity index (χ4n) is 2.97. The molecule has 2 heterocycles. The van der Waals surface area contributed by atoms with E-state index in [1.165, 1.54) is 5.56 Å². The van der Waals surface area contributed by atoms with Crippen molar-refractivity contribution in [2.45, 2.75) is 27.2 Å². The molecule has 0 aliphatic rings. The molecule has 0 atom stereocenters. The molecule has 0 amide bonds. The number of hydrogen-bond acceptors (Lipinski definition) is 4. The van der Waals surface area contributed by atoms with Gasteiger partial charge in [-0.05, 0) is 43.2 Å². The predicted molar refractivity (Wildman–Crippen MR) is 93.2 cm³/mol. The largest absolute Gasteiger partial charge is 0.441 e. The van der Waals surface area contributed by atoms with Gasteiger partial charge in [-0.15, -0.1) is 0 Å². The molecule has 5 heteroatoms. The Bertz CT molecular complexity index is 1030. The number of rotatable bonds is 3. The zero-order chi connectivity index (χ0) is 16.7. The Morgan fingerprint density at radius 1 is 1.04 bits per heavy atom. The second-order valence-electron chi connectivity index (χ2n) is 5.79. The summed E-state index contributed by atoms with van der Waals surface area (Å²) >= 11 is 0. The molecule has 120 valence electrons. The number of nitrogens with zero attached hydrogens (tertiary/aromatic N) is 4. The van der Waals surface area contributed by atoms with Crippen LogP contribution < -0.4 is 0 Å². The third kappa shape index (κ3) is 2.38. The van der Waals surface area contributed by atoms with Crippen LogP contribution in [0.15, 0.2) is 46.9 Å². The van der Waals surface area contributed by atoms with E-state index >= 15 is 0 Å². The normalized spacial score (nSPS) is 11.3. The van der Waals surface area contributed by atoms with Crippen LogP contribution in [-0.4, -0.2) is 19.7 Å². The van der Waals surface area contributed by atoms with Crippen molar-refractivity contribution in [2.24, 2.45) is 0 Å². The summed E-state index contributed by atoms with van der Waals surface area (Å²) < 4.78 is 7.57. The highest BCUT2D eigenvalue weighted by atomic mass is 16.3. The minimum Gasteiger partial charge on any atom is -0.441 e. The minimum absolute atomic E-state index is 0.663. The maximum absolute atomic E-state index is 5.66. The van der Waals surface area contributed by atoms with E-state index in [1.807, 2.05) is 42.8 Å². The van der Waals surface area contributed by atoms with Gasteiger partial charge in [0, 0.05) is 12.5 Å². The van der Waals surface area contributed by atoms with Crippen LogP contribution in [0.2, 0.25) is 0 Å². The Labute approximate surface area is 140 Å². The van der Waals surface area contributed by atoms with Crippen molar-refractivity contribution >= 4 is 11.1 Å². The van der Waals surface area contributed by atoms with Crippen molar-refractivity contribution in [2.75, 3.05) is 0 Å². The molecule has 2 aromatic heterocycles. The molecule has 2 aromatic carbocycles. The van der Waals surface area contributed by atoms with Crippen molar-refractivity contribution in [1.82, 2.24) is 19.7 Å². The first-order valence-electron chi connectivity index (χ1n) is 8.05. The maximum Gasteiger partial charge on any atom is 0.192 e. The molecule has 0 aliphatic heterocycles. The second-order valence-corrected chi connectivity index (χ2v) is 5.79. The van der Waals surface area contributed by atoms with Crippen LogP contribution in [0.25, 0.3) is 28.2 Å². The van der Waals surface area contributed by atoms with E-state index < -0.39 is 0 Å². The molecular formula is C19H18N4O. The minimum atomic E-state index is 0.663.